The molecule has 1 saturated heterocycles. The fourth-order valence-corrected chi connectivity index (χ4v) is 5.93. The van der Waals surface area contributed by atoms with Crippen LogP contribution in [0.4, 0.5) is 5.69 Å². The molecule has 0 atom stereocenters. The Bertz CT molecular complexity index is 1170. The molecule has 1 fully saturated rings. The molecule has 0 unspecified atom stereocenters. The zero-order chi connectivity index (χ0) is 23.0. The van der Waals surface area contributed by atoms with E-state index in [4.69, 9.17) is 4.98 Å². The Hall–Kier alpha value is -2.97. The van der Waals surface area contributed by atoms with Gasteiger partial charge >= 0.3 is 5.97 Å². The Labute approximate surface area is 197 Å². The number of carboxylic acids is 1. The van der Waals surface area contributed by atoms with E-state index in [0.717, 1.165) is 52.5 Å². The van der Waals surface area contributed by atoms with Gasteiger partial charge in [-0.25, -0.2) is 4.98 Å². The summed E-state index contributed by atoms with van der Waals surface area (Å²) in [5.74, 6) is -1.16. The maximum absolute atomic E-state index is 13.2. The van der Waals surface area contributed by atoms with Crippen LogP contribution in [-0.4, -0.2) is 60.1 Å². The Balaban J connectivity index is 1.29. The molecule has 0 bridgehead atoms. The first-order valence-corrected chi connectivity index (χ1v) is 12.1. The highest BCUT2D eigenvalue weighted by atomic mass is 32.1. The number of carbonyl (C=O) groups excluding carboxylic acids is 1. The van der Waals surface area contributed by atoms with Gasteiger partial charge in [-0.2, -0.15) is 0 Å². The molecule has 1 aromatic heterocycles. The number of thiazole rings is 1. The third kappa shape index (κ3) is 4.45. The van der Waals surface area contributed by atoms with Gasteiger partial charge in [0.25, 0.3) is 0 Å². The fraction of sp³-hybridized carbons (Fsp3) is 0.400. The maximum Gasteiger partial charge on any atom is 0.304 e. The lowest BCUT2D eigenvalue weighted by atomic mass is 9.80. The van der Waals surface area contributed by atoms with Crippen LogP contribution < -0.4 is 10.2 Å². The summed E-state index contributed by atoms with van der Waals surface area (Å²) in [6.45, 7) is 4.44. The van der Waals surface area contributed by atoms with Crippen molar-refractivity contribution in [3.05, 3.63) is 58.6 Å². The minimum atomic E-state index is -0.950. The van der Waals surface area contributed by atoms with E-state index in [1.54, 1.807) is 11.3 Å². The van der Waals surface area contributed by atoms with Crippen molar-refractivity contribution in [1.29, 1.82) is 0 Å². The lowest BCUT2D eigenvalue weighted by Gasteiger charge is -2.34. The fourth-order valence-electron chi connectivity index (χ4n) is 4.99. The van der Waals surface area contributed by atoms with Crippen LogP contribution in [0.1, 0.15) is 22.6 Å². The van der Waals surface area contributed by atoms with Gasteiger partial charge in [0, 0.05) is 31.9 Å². The van der Waals surface area contributed by atoms with E-state index in [9.17, 15) is 14.7 Å². The number of amides is 1. The number of aliphatic carboxylic acids is 1. The molecular formula is C25H28N4O3S. The molecule has 33 heavy (non-hydrogen) atoms. The summed E-state index contributed by atoms with van der Waals surface area (Å²) < 4.78 is 1.10. The van der Waals surface area contributed by atoms with E-state index in [1.165, 1.54) is 5.69 Å². The highest BCUT2D eigenvalue weighted by Crippen LogP contribution is 2.40. The monoisotopic (exact) mass is 464 g/mol. The van der Waals surface area contributed by atoms with Crippen molar-refractivity contribution in [2.24, 2.45) is 5.41 Å². The number of benzene rings is 2. The molecule has 1 aliphatic heterocycles. The number of hydrogen-bond acceptors (Lipinski definition) is 6. The van der Waals surface area contributed by atoms with E-state index in [1.807, 2.05) is 30.3 Å². The summed E-state index contributed by atoms with van der Waals surface area (Å²) >= 11 is 1.58. The molecule has 0 spiro atoms. The molecule has 3 aromatic rings. The number of hydrogen-bond donors (Lipinski definition) is 2. The minimum absolute atomic E-state index is 0.179. The van der Waals surface area contributed by atoms with E-state index in [2.05, 4.69) is 34.3 Å². The summed E-state index contributed by atoms with van der Waals surface area (Å²) in [7, 11) is 2.15. The Morgan fingerprint density at radius 2 is 1.79 bits per heavy atom. The van der Waals surface area contributed by atoms with Crippen LogP contribution in [0, 0.1) is 5.41 Å². The normalized spacial score (nSPS) is 17.8. The van der Waals surface area contributed by atoms with Crippen LogP contribution in [0.5, 0.6) is 0 Å². The van der Waals surface area contributed by atoms with Crippen molar-refractivity contribution in [2.45, 2.75) is 25.8 Å². The largest absolute Gasteiger partial charge is 0.481 e. The molecule has 1 amide bonds. The predicted molar refractivity (Wildman–Crippen MR) is 130 cm³/mol. The van der Waals surface area contributed by atoms with Crippen molar-refractivity contribution in [2.75, 3.05) is 38.1 Å². The molecule has 1 aliphatic carbocycles. The van der Waals surface area contributed by atoms with E-state index < -0.39 is 11.4 Å². The Morgan fingerprint density at radius 3 is 2.45 bits per heavy atom. The van der Waals surface area contributed by atoms with Gasteiger partial charge in [-0.15, -0.1) is 11.3 Å². The quantitative estimate of drug-likeness (QED) is 0.584. The molecule has 2 heterocycles. The number of nitrogens with zero attached hydrogens (tertiary/aromatic N) is 3. The number of aromatic nitrogens is 1. The van der Waals surface area contributed by atoms with Crippen molar-refractivity contribution >= 4 is 39.1 Å². The van der Waals surface area contributed by atoms with E-state index in [-0.39, 0.29) is 12.3 Å². The molecule has 2 aromatic carbocycles. The summed E-state index contributed by atoms with van der Waals surface area (Å²) in [6, 6.07) is 14.2. The third-order valence-electron chi connectivity index (χ3n) is 6.83. The zero-order valence-electron chi connectivity index (χ0n) is 18.7. The maximum atomic E-state index is 13.2. The van der Waals surface area contributed by atoms with Crippen LogP contribution in [0.3, 0.4) is 0 Å². The molecule has 172 valence electrons. The average Bonchev–Trinajstić information content (AvgIpc) is 3.38. The minimum Gasteiger partial charge on any atom is -0.481 e. The number of carbonyl (C=O) groups is 2. The van der Waals surface area contributed by atoms with Gasteiger partial charge in [0.2, 0.25) is 5.91 Å². The van der Waals surface area contributed by atoms with Gasteiger partial charge in [-0.1, -0.05) is 24.3 Å². The number of likely N-dealkylation sites (N-methyl/N-ethyl adjacent to an activating group) is 1. The number of carboxylic acid groups (broad SMARTS) is 1. The van der Waals surface area contributed by atoms with Crippen LogP contribution in [0.25, 0.3) is 10.2 Å². The van der Waals surface area contributed by atoms with E-state index in [0.29, 0.717) is 19.4 Å². The van der Waals surface area contributed by atoms with Crippen LogP contribution >= 0.6 is 11.3 Å². The molecule has 2 N–H and O–H groups in total. The van der Waals surface area contributed by atoms with Gasteiger partial charge in [-0.05, 0) is 49.2 Å². The first kappa shape index (κ1) is 21.9. The van der Waals surface area contributed by atoms with Crippen molar-refractivity contribution in [3.8, 4) is 0 Å². The van der Waals surface area contributed by atoms with Crippen LogP contribution in [0.15, 0.2) is 42.5 Å². The molecule has 5 rings (SSSR count). The number of piperazine rings is 1. The highest BCUT2D eigenvalue weighted by Gasteiger charge is 2.45. The summed E-state index contributed by atoms with van der Waals surface area (Å²) in [5, 5.41) is 13.3. The van der Waals surface area contributed by atoms with Gasteiger partial charge < -0.3 is 20.2 Å². The lowest BCUT2D eigenvalue weighted by Crippen LogP contribution is -2.44. The average molecular weight is 465 g/mol. The number of nitrogens with one attached hydrogen (secondary N) is 1. The van der Waals surface area contributed by atoms with Crippen molar-refractivity contribution < 1.29 is 14.7 Å². The lowest BCUT2D eigenvalue weighted by molar-refractivity contribution is -0.145. The molecule has 8 heteroatoms. The van der Waals surface area contributed by atoms with Gasteiger partial charge in [-0.3, -0.25) is 9.59 Å². The second-order valence-corrected chi connectivity index (χ2v) is 10.3. The molecule has 2 aliphatic rings. The van der Waals surface area contributed by atoms with Gasteiger partial charge in [0.15, 0.2) is 0 Å². The predicted octanol–water partition coefficient (Wildman–Crippen LogP) is 2.92. The summed E-state index contributed by atoms with van der Waals surface area (Å²) in [6.07, 6.45) is 0.729. The first-order valence-electron chi connectivity index (χ1n) is 11.3. The molecular weight excluding hydrogens is 436 g/mol. The number of fused-ring (bicyclic) bond motifs is 2. The molecule has 0 radical (unpaired) electrons. The SMILES string of the molecule is CN1CCN(c2ccc3nc(CNC(=O)C4(CC(=O)O)Cc5ccccc5C4)sc3c2)CC1. The molecule has 0 saturated carbocycles. The number of anilines is 1. The van der Waals surface area contributed by atoms with Crippen molar-refractivity contribution in [1.82, 2.24) is 15.2 Å². The highest BCUT2D eigenvalue weighted by molar-refractivity contribution is 7.18. The Kier molecular flexibility index (Phi) is 5.80. The second kappa shape index (κ2) is 8.76. The van der Waals surface area contributed by atoms with Crippen molar-refractivity contribution in [3.63, 3.8) is 0 Å². The van der Waals surface area contributed by atoms with Crippen LogP contribution in [-0.2, 0) is 29.0 Å². The second-order valence-electron chi connectivity index (χ2n) is 9.21. The number of rotatable bonds is 6. The topological polar surface area (TPSA) is 85.8 Å². The molecule has 7 nitrogen and oxygen atoms in total. The van der Waals surface area contributed by atoms with Gasteiger partial charge in [0.05, 0.1) is 28.6 Å². The van der Waals surface area contributed by atoms with Crippen LogP contribution in [0.2, 0.25) is 0 Å². The standard InChI is InChI=1S/C25H28N4O3S/c1-28-8-10-29(11-9-28)19-6-7-20-21(12-19)33-22(27-20)16-26-24(32)25(15-23(30)31)13-17-4-2-3-5-18(17)14-25/h2-7,12H,8-11,13-16H2,1H3,(H,26,32)(H,30,31). The Morgan fingerprint density at radius 1 is 1.09 bits per heavy atom. The smallest absolute Gasteiger partial charge is 0.304 e. The third-order valence-corrected chi connectivity index (χ3v) is 7.85. The van der Waals surface area contributed by atoms with Gasteiger partial charge in [0.1, 0.15) is 5.01 Å². The zero-order valence-corrected chi connectivity index (χ0v) is 19.5. The summed E-state index contributed by atoms with van der Waals surface area (Å²) in [4.78, 5) is 34.3. The van der Waals surface area contributed by atoms with E-state index >= 15 is 0 Å². The first-order chi connectivity index (χ1) is 15.9. The summed E-state index contributed by atoms with van der Waals surface area (Å²) in [5.41, 5.74) is 3.31.